The molecule has 0 N–H and O–H groups in total. The Kier molecular flexibility index (Phi) is 4.31. The number of halogens is 1. The minimum atomic E-state index is 0.120. The average molecular weight is 310 g/mol. The Bertz CT molecular complexity index is 572. The minimum absolute atomic E-state index is 0.120. The summed E-state index contributed by atoms with van der Waals surface area (Å²) in [7, 11) is 0. The number of morpholine rings is 1. The maximum absolute atomic E-state index is 6.07. The van der Waals surface area contributed by atoms with E-state index in [1.54, 1.807) is 0 Å². The molecule has 4 nitrogen and oxygen atoms in total. The van der Waals surface area contributed by atoms with Crippen molar-refractivity contribution < 1.29 is 4.74 Å². The van der Waals surface area contributed by atoms with Gasteiger partial charge in [0.15, 0.2) is 0 Å². The smallest absolute Gasteiger partial charge is 0.138 e. The first kappa shape index (κ1) is 13.9. The largest absolute Gasteiger partial charge is 0.371 e. The molecule has 1 fully saturated rings. The van der Waals surface area contributed by atoms with Gasteiger partial charge in [-0.2, -0.15) is 0 Å². The van der Waals surface area contributed by atoms with E-state index in [1.807, 2.05) is 0 Å². The van der Waals surface area contributed by atoms with E-state index < -0.39 is 0 Å². The fourth-order valence-electron chi connectivity index (χ4n) is 2.33. The highest BCUT2D eigenvalue weighted by Gasteiger charge is 2.23. The highest BCUT2D eigenvalue weighted by Crippen LogP contribution is 2.25. The van der Waals surface area contributed by atoms with Gasteiger partial charge < -0.3 is 4.74 Å². The summed E-state index contributed by atoms with van der Waals surface area (Å²) in [6.45, 7) is 5.32. The standard InChI is InChI=1S/C14H16ClN3OS/c1-10-2-4-11(5-3-10)13-9-18(6-7-19-13)8-12-14(15)20-17-16-12/h2-5,13H,6-9H2,1H3. The minimum Gasteiger partial charge on any atom is -0.371 e. The van der Waals surface area contributed by atoms with Crippen LogP contribution in [0.25, 0.3) is 0 Å². The Morgan fingerprint density at radius 2 is 2.20 bits per heavy atom. The van der Waals surface area contributed by atoms with Gasteiger partial charge in [0, 0.05) is 31.2 Å². The van der Waals surface area contributed by atoms with Crippen LogP contribution in [-0.2, 0) is 11.3 Å². The fraction of sp³-hybridized carbons (Fsp3) is 0.429. The van der Waals surface area contributed by atoms with E-state index >= 15 is 0 Å². The van der Waals surface area contributed by atoms with E-state index in [0.717, 1.165) is 31.9 Å². The van der Waals surface area contributed by atoms with E-state index in [-0.39, 0.29) is 6.10 Å². The highest BCUT2D eigenvalue weighted by atomic mass is 35.5. The zero-order chi connectivity index (χ0) is 13.9. The number of benzene rings is 1. The summed E-state index contributed by atoms with van der Waals surface area (Å²) in [5, 5.41) is 4.07. The Hall–Kier alpha value is -1.01. The predicted molar refractivity (Wildman–Crippen MR) is 80.1 cm³/mol. The lowest BCUT2D eigenvalue weighted by Gasteiger charge is -2.32. The van der Waals surface area contributed by atoms with Crippen LogP contribution in [0.2, 0.25) is 4.34 Å². The van der Waals surface area contributed by atoms with Gasteiger partial charge in [0.2, 0.25) is 0 Å². The molecule has 2 heterocycles. The molecule has 1 saturated heterocycles. The van der Waals surface area contributed by atoms with Gasteiger partial charge in [0.05, 0.1) is 12.7 Å². The first-order valence-corrected chi connectivity index (χ1v) is 7.75. The molecule has 2 aromatic rings. The Morgan fingerprint density at radius 1 is 1.40 bits per heavy atom. The number of rotatable bonds is 3. The summed E-state index contributed by atoms with van der Waals surface area (Å²) in [6, 6.07) is 8.53. The lowest BCUT2D eigenvalue weighted by molar-refractivity contribution is -0.0332. The molecule has 1 unspecified atom stereocenters. The second-order valence-corrected chi connectivity index (χ2v) is 6.35. The molecule has 0 bridgehead atoms. The van der Waals surface area contributed by atoms with Crippen molar-refractivity contribution >= 4 is 23.1 Å². The molecule has 1 aliphatic rings. The Morgan fingerprint density at radius 3 is 2.90 bits per heavy atom. The summed E-state index contributed by atoms with van der Waals surface area (Å²) < 4.78 is 10.4. The van der Waals surface area contributed by atoms with E-state index in [9.17, 15) is 0 Å². The molecule has 0 spiro atoms. The van der Waals surface area contributed by atoms with Crippen molar-refractivity contribution in [2.75, 3.05) is 19.7 Å². The molecule has 3 rings (SSSR count). The second kappa shape index (κ2) is 6.18. The summed E-state index contributed by atoms with van der Waals surface area (Å²) in [4.78, 5) is 2.32. The van der Waals surface area contributed by atoms with Gasteiger partial charge in [-0.15, -0.1) is 5.10 Å². The van der Waals surface area contributed by atoms with Crippen molar-refractivity contribution in [2.45, 2.75) is 19.6 Å². The van der Waals surface area contributed by atoms with Gasteiger partial charge in [-0.3, -0.25) is 4.90 Å². The van der Waals surface area contributed by atoms with E-state index in [1.165, 1.54) is 22.7 Å². The van der Waals surface area contributed by atoms with Crippen molar-refractivity contribution in [3.8, 4) is 0 Å². The van der Waals surface area contributed by atoms with Gasteiger partial charge in [-0.25, -0.2) is 0 Å². The van der Waals surface area contributed by atoms with Crippen molar-refractivity contribution in [1.82, 2.24) is 14.5 Å². The lowest BCUT2D eigenvalue weighted by atomic mass is 10.1. The SMILES string of the molecule is Cc1ccc(C2CN(Cc3nnsc3Cl)CCO2)cc1. The molecule has 0 radical (unpaired) electrons. The maximum atomic E-state index is 6.07. The van der Waals surface area contributed by atoms with Gasteiger partial charge in [0.25, 0.3) is 0 Å². The molecular weight excluding hydrogens is 294 g/mol. The molecule has 1 aromatic carbocycles. The van der Waals surface area contributed by atoms with Crippen molar-refractivity contribution in [2.24, 2.45) is 0 Å². The Labute approximate surface area is 127 Å². The van der Waals surface area contributed by atoms with Crippen LogP contribution in [0.5, 0.6) is 0 Å². The number of ether oxygens (including phenoxy) is 1. The van der Waals surface area contributed by atoms with Crippen molar-refractivity contribution in [3.05, 3.63) is 45.4 Å². The highest BCUT2D eigenvalue weighted by molar-refractivity contribution is 7.10. The number of nitrogens with zero attached hydrogens (tertiary/aromatic N) is 3. The molecule has 0 saturated carbocycles. The first-order valence-electron chi connectivity index (χ1n) is 6.59. The van der Waals surface area contributed by atoms with Crippen LogP contribution in [0, 0.1) is 6.92 Å². The molecule has 0 amide bonds. The summed E-state index contributed by atoms with van der Waals surface area (Å²) in [5.41, 5.74) is 3.35. The van der Waals surface area contributed by atoms with Crippen LogP contribution >= 0.6 is 23.1 Å². The van der Waals surface area contributed by atoms with Crippen molar-refractivity contribution in [1.29, 1.82) is 0 Å². The summed E-state index contributed by atoms with van der Waals surface area (Å²) >= 11 is 7.30. The molecule has 106 valence electrons. The third kappa shape index (κ3) is 3.17. The van der Waals surface area contributed by atoms with Gasteiger partial charge in [0.1, 0.15) is 10.0 Å². The first-order chi connectivity index (χ1) is 9.72. The van der Waals surface area contributed by atoms with Gasteiger partial charge in [-0.05, 0) is 12.5 Å². The topological polar surface area (TPSA) is 38.2 Å². The summed E-state index contributed by atoms with van der Waals surface area (Å²) in [5.74, 6) is 0. The molecule has 0 aliphatic carbocycles. The zero-order valence-corrected chi connectivity index (χ0v) is 12.8. The quantitative estimate of drug-likeness (QED) is 0.873. The molecule has 1 aliphatic heterocycles. The van der Waals surface area contributed by atoms with E-state index in [4.69, 9.17) is 16.3 Å². The second-order valence-electron chi connectivity index (χ2n) is 5.00. The Balaban J connectivity index is 1.67. The maximum Gasteiger partial charge on any atom is 0.138 e. The normalized spacial score (nSPS) is 20.2. The molecule has 1 atom stereocenters. The van der Waals surface area contributed by atoms with Crippen LogP contribution in [0.4, 0.5) is 0 Å². The van der Waals surface area contributed by atoms with Gasteiger partial charge >= 0.3 is 0 Å². The predicted octanol–water partition coefficient (Wildman–Crippen LogP) is 3.07. The van der Waals surface area contributed by atoms with Crippen LogP contribution in [0.15, 0.2) is 24.3 Å². The van der Waals surface area contributed by atoms with Crippen LogP contribution in [0.1, 0.15) is 22.9 Å². The van der Waals surface area contributed by atoms with E-state index in [2.05, 4.69) is 45.7 Å². The number of hydrogen-bond donors (Lipinski definition) is 0. The van der Waals surface area contributed by atoms with Crippen LogP contribution < -0.4 is 0 Å². The van der Waals surface area contributed by atoms with Crippen LogP contribution in [-0.4, -0.2) is 34.2 Å². The zero-order valence-electron chi connectivity index (χ0n) is 11.3. The van der Waals surface area contributed by atoms with Gasteiger partial charge in [-0.1, -0.05) is 45.9 Å². The molecule has 6 heteroatoms. The monoisotopic (exact) mass is 309 g/mol. The molecule has 1 aromatic heterocycles. The average Bonchev–Trinajstić information content (AvgIpc) is 2.85. The number of aryl methyl sites for hydroxylation is 1. The lowest BCUT2D eigenvalue weighted by Crippen LogP contribution is -2.37. The fourth-order valence-corrected chi connectivity index (χ4v) is 2.94. The number of hydrogen-bond acceptors (Lipinski definition) is 5. The van der Waals surface area contributed by atoms with Crippen LogP contribution in [0.3, 0.4) is 0 Å². The molecule has 20 heavy (non-hydrogen) atoms. The third-order valence-electron chi connectivity index (χ3n) is 3.48. The third-order valence-corrected chi connectivity index (χ3v) is 4.47. The number of aromatic nitrogens is 2. The van der Waals surface area contributed by atoms with E-state index in [0.29, 0.717) is 4.34 Å². The molecular formula is C14H16ClN3OS. The van der Waals surface area contributed by atoms with Crippen molar-refractivity contribution in [3.63, 3.8) is 0 Å². The summed E-state index contributed by atoms with van der Waals surface area (Å²) in [6.07, 6.45) is 0.120.